The summed E-state index contributed by atoms with van der Waals surface area (Å²) in [6.45, 7) is 14.2. The van der Waals surface area contributed by atoms with Crippen molar-refractivity contribution in [3.63, 3.8) is 0 Å². The van der Waals surface area contributed by atoms with E-state index in [0.29, 0.717) is 6.04 Å². The first-order valence-electron chi connectivity index (χ1n) is 7.91. The van der Waals surface area contributed by atoms with Gasteiger partial charge in [-0.05, 0) is 46.2 Å². The van der Waals surface area contributed by atoms with E-state index in [-0.39, 0.29) is 5.54 Å². The van der Waals surface area contributed by atoms with Gasteiger partial charge in [0.1, 0.15) is 11.5 Å². The molecule has 0 saturated carbocycles. The SMILES string of the molecule is CCC(C)N(CCOC)Cc1ccc(CNC(C)(C)C)o1. The average Bonchev–Trinajstić information content (AvgIpc) is 2.87. The molecule has 0 amide bonds. The van der Waals surface area contributed by atoms with Crippen molar-refractivity contribution in [2.75, 3.05) is 20.3 Å². The highest BCUT2D eigenvalue weighted by molar-refractivity contribution is 5.07. The number of furan rings is 1. The molecule has 4 nitrogen and oxygen atoms in total. The molecule has 122 valence electrons. The van der Waals surface area contributed by atoms with Crippen molar-refractivity contribution in [2.45, 2.75) is 65.7 Å². The summed E-state index contributed by atoms with van der Waals surface area (Å²) < 4.78 is 11.1. The van der Waals surface area contributed by atoms with Gasteiger partial charge >= 0.3 is 0 Å². The maximum atomic E-state index is 5.94. The van der Waals surface area contributed by atoms with Gasteiger partial charge in [-0.1, -0.05) is 6.92 Å². The van der Waals surface area contributed by atoms with E-state index in [0.717, 1.165) is 44.2 Å². The van der Waals surface area contributed by atoms with Crippen LogP contribution in [0.3, 0.4) is 0 Å². The Morgan fingerprint density at radius 2 is 1.95 bits per heavy atom. The molecule has 1 heterocycles. The number of rotatable bonds is 9. The minimum absolute atomic E-state index is 0.105. The summed E-state index contributed by atoms with van der Waals surface area (Å²) in [6, 6.07) is 4.68. The van der Waals surface area contributed by atoms with Crippen molar-refractivity contribution in [2.24, 2.45) is 0 Å². The van der Waals surface area contributed by atoms with Gasteiger partial charge in [-0.15, -0.1) is 0 Å². The van der Waals surface area contributed by atoms with E-state index in [1.54, 1.807) is 7.11 Å². The van der Waals surface area contributed by atoms with E-state index in [2.05, 4.69) is 57.0 Å². The van der Waals surface area contributed by atoms with E-state index in [9.17, 15) is 0 Å². The lowest BCUT2D eigenvalue weighted by Crippen LogP contribution is -2.35. The van der Waals surface area contributed by atoms with Crippen LogP contribution in [0.5, 0.6) is 0 Å². The largest absolute Gasteiger partial charge is 0.463 e. The Bertz CT molecular complexity index is 396. The van der Waals surface area contributed by atoms with Crippen molar-refractivity contribution in [3.05, 3.63) is 23.7 Å². The zero-order valence-corrected chi connectivity index (χ0v) is 14.5. The first kappa shape index (κ1) is 18.2. The zero-order chi connectivity index (χ0) is 15.9. The normalized spacial score (nSPS) is 13.9. The van der Waals surface area contributed by atoms with Crippen molar-refractivity contribution in [1.82, 2.24) is 10.2 Å². The van der Waals surface area contributed by atoms with Gasteiger partial charge in [0, 0.05) is 25.2 Å². The van der Waals surface area contributed by atoms with Crippen molar-refractivity contribution >= 4 is 0 Å². The topological polar surface area (TPSA) is 37.6 Å². The van der Waals surface area contributed by atoms with Crippen LogP contribution in [0, 0.1) is 0 Å². The summed E-state index contributed by atoms with van der Waals surface area (Å²) >= 11 is 0. The summed E-state index contributed by atoms with van der Waals surface area (Å²) in [4.78, 5) is 2.41. The Hall–Kier alpha value is -0.840. The zero-order valence-electron chi connectivity index (χ0n) is 14.5. The summed E-state index contributed by atoms with van der Waals surface area (Å²) in [5.74, 6) is 2.02. The highest BCUT2D eigenvalue weighted by Crippen LogP contribution is 2.14. The van der Waals surface area contributed by atoms with E-state index < -0.39 is 0 Å². The molecule has 0 saturated heterocycles. The summed E-state index contributed by atoms with van der Waals surface area (Å²) in [5.41, 5.74) is 0.105. The minimum Gasteiger partial charge on any atom is -0.463 e. The van der Waals surface area contributed by atoms with Crippen LogP contribution in [-0.4, -0.2) is 36.7 Å². The molecule has 21 heavy (non-hydrogen) atoms. The Balaban J connectivity index is 2.57. The lowest BCUT2D eigenvalue weighted by atomic mass is 10.1. The number of hydrogen-bond acceptors (Lipinski definition) is 4. The number of nitrogens with one attached hydrogen (secondary N) is 1. The van der Waals surface area contributed by atoms with E-state index in [4.69, 9.17) is 9.15 Å². The maximum Gasteiger partial charge on any atom is 0.118 e. The fourth-order valence-corrected chi connectivity index (χ4v) is 2.08. The molecule has 0 spiro atoms. The van der Waals surface area contributed by atoms with Gasteiger partial charge in [-0.25, -0.2) is 0 Å². The van der Waals surface area contributed by atoms with Crippen molar-refractivity contribution in [1.29, 1.82) is 0 Å². The smallest absolute Gasteiger partial charge is 0.118 e. The Labute approximate surface area is 129 Å². The molecule has 1 N–H and O–H groups in total. The number of ether oxygens (including phenoxy) is 1. The van der Waals surface area contributed by atoms with Crippen molar-refractivity contribution < 1.29 is 9.15 Å². The number of methoxy groups -OCH3 is 1. The van der Waals surface area contributed by atoms with Crippen LogP contribution in [-0.2, 0) is 17.8 Å². The maximum absolute atomic E-state index is 5.94. The lowest BCUT2D eigenvalue weighted by molar-refractivity contribution is 0.112. The van der Waals surface area contributed by atoms with Gasteiger partial charge in [0.05, 0.1) is 19.7 Å². The molecule has 1 atom stereocenters. The Morgan fingerprint density at radius 3 is 2.52 bits per heavy atom. The standard InChI is InChI=1S/C17H32N2O2/c1-7-14(2)19(10-11-20-6)13-16-9-8-15(21-16)12-18-17(3,4)5/h8-9,14,18H,7,10-13H2,1-6H3. The molecular weight excluding hydrogens is 264 g/mol. The predicted molar refractivity (Wildman–Crippen MR) is 87.3 cm³/mol. The molecule has 0 aliphatic carbocycles. The summed E-state index contributed by atoms with van der Waals surface area (Å²) in [5, 5.41) is 3.45. The van der Waals surface area contributed by atoms with Crippen LogP contribution in [0.15, 0.2) is 16.5 Å². The minimum atomic E-state index is 0.105. The average molecular weight is 296 g/mol. The van der Waals surface area contributed by atoms with Crippen LogP contribution in [0.2, 0.25) is 0 Å². The quantitative estimate of drug-likeness (QED) is 0.758. The van der Waals surface area contributed by atoms with Crippen LogP contribution in [0.1, 0.15) is 52.6 Å². The van der Waals surface area contributed by atoms with Gasteiger partial charge in [-0.3, -0.25) is 4.90 Å². The Morgan fingerprint density at radius 1 is 1.29 bits per heavy atom. The molecule has 1 unspecified atom stereocenters. The summed E-state index contributed by atoms with van der Waals surface area (Å²) in [7, 11) is 1.75. The van der Waals surface area contributed by atoms with Gasteiger partial charge in [0.2, 0.25) is 0 Å². The molecule has 4 heteroatoms. The van der Waals surface area contributed by atoms with E-state index in [1.165, 1.54) is 0 Å². The van der Waals surface area contributed by atoms with E-state index in [1.807, 2.05) is 0 Å². The van der Waals surface area contributed by atoms with Crippen LogP contribution < -0.4 is 5.32 Å². The van der Waals surface area contributed by atoms with E-state index >= 15 is 0 Å². The number of nitrogens with zero attached hydrogens (tertiary/aromatic N) is 1. The predicted octanol–water partition coefficient (Wildman–Crippen LogP) is 3.41. The molecule has 1 aromatic rings. The molecule has 0 aliphatic heterocycles. The first-order valence-corrected chi connectivity index (χ1v) is 7.91. The molecule has 0 aromatic carbocycles. The second kappa shape index (κ2) is 8.57. The molecule has 0 aliphatic rings. The fraction of sp³-hybridized carbons (Fsp3) is 0.765. The van der Waals surface area contributed by atoms with Crippen LogP contribution >= 0.6 is 0 Å². The van der Waals surface area contributed by atoms with Gasteiger partial charge in [0.15, 0.2) is 0 Å². The van der Waals surface area contributed by atoms with Crippen molar-refractivity contribution in [3.8, 4) is 0 Å². The molecular formula is C17H32N2O2. The Kier molecular flexibility index (Phi) is 7.43. The van der Waals surface area contributed by atoms with Gasteiger partial charge in [0.25, 0.3) is 0 Å². The highest BCUT2D eigenvalue weighted by atomic mass is 16.5. The molecule has 1 rings (SSSR count). The number of hydrogen-bond donors (Lipinski definition) is 1. The second-order valence-corrected chi connectivity index (χ2v) is 6.69. The molecule has 0 fully saturated rings. The third-order valence-corrected chi connectivity index (χ3v) is 3.67. The molecule has 0 bridgehead atoms. The second-order valence-electron chi connectivity index (χ2n) is 6.69. The molecule has 1 aromatic heterocycles. The third kappa shape index (κ3) is 7.11. The molecule has 0 radical (unpaired) electrons. The third-order valence-electron chi connectivity index (χ3n) is 3.67. The lowest BCUT2D eigenvalue weighted by Gasteiger charge is -2.27. The monoisotopic (exact) mass is 296 g/mol. The van der Waals surface area contributed by atoms with Crippen LogP contribution in [0.25, 0.3) is 0 Å². The first-order chi connectivity index (χ1) is 9.85. The fourth-order valence-electron chi connectivity index (χ4n) is 2.08. The summed E-state index contributed by atoms with van der Waals surface area (Å²) in [6.07, 6.45) is 1.13. The van der Waals surface area contributed by atoms with Gasteiger partial charge < -0.3 is 14.5 Å². The van der Waals surface area contributed by atoms with Gasteiger partial charge in [-0.2, -0.15) is 0 Å². The van der Waals surface area contributed by atoms with Crippen LogP contribution in [0.4, 0.5) is 0 Å². The highest BCUT2D eigenvalue weighted by Gasteiger charge is 2.15.